The van der Waals surface area contributed by atoms with E-state index in [4.69, 9.17) is 4.42 Å². The van der Waals surface area contributed by atoms with E-state index >= 15 is 0 Å². The standard InChI is InChI=1S/C21H23FN2O4/c1-3-23(4-2)11-12-24-18(16-6-5-13-28-16)17(20(26)21(24)27)19(25)14-7-9-15(22)10-8-14/h5-10,13,18,25H,3-4,11-12H2,1-2H3/t18-/m0/s1. The smallest absolute Gasteiger partial charge is 0.295 e. The maximum atomic E-state index is 13.2. The highest BCUT2D eigenvalue weighted by atomic mass is 19.1. The van der Waals surface area contributed by atoms with E-state index in [1.807, 2.05) is 13.8 Å². The Morgan fingerprint density at radius 2 is 1.86 bits per heavy atom. The molecule has 0 aliphatic carbocycles. The number of halogens is 1. The molecule has 1 aromatic heterocycles. The van der Waals surface area contributed by atoms with Gasteiger partial charge in [0.25, 0.3) is 11.7 Å². The highest BCUT2D eigenvalue weighted by molar-refractivity contribution is 6.46. The lowest BCUT2D eigenvalue weighted by molar-refractivity contribution is -0.140. The first-order valence-electron chi connectivity index (χ1n) is 9.28. The molecular weight excluding hydrogens is 363 g/mol. The van der Waals surface area contributed by atoms with Gasteiger partial charge in [0.05, 0.1) is 11.8 Å². The van der Waals surface area contributed by atoms with Crippen molar-refractivity contribution >= 4 is 17.4 Å². The first-order chi connectivity index (χ1) is 13.5. The van der Waals surface area contributed by atoms with Crippen molar-refractivity contribution in [3.8, 4) is 0 Å². The summed E-state index contributed by atoms with van der Waals surface area (Å²) in [7, 11) is 0. The van der Waals surface area contributed by atoms with E-state index in [1.54, 1.807) is 12.1 Å². The zero-order chi connectivity index (χ0) is 20.3. The zero-order valence-electron chi connectivity index (χ0n) is 15.9. The summed E-state index contributed by atoms with van der Waals surface area (Å²) in [5.41, 5.74) is 0.214. The molecular formula is C21H23FN2O4. The number of Topliss-reactive ketones (excluding diaryl/α,β-unsaturated/α-hetero) is 1. The van der Waals surface area contributed by atoms with Crippen LogP contribution in [-0.4, -0.2) is 52.8 Å². The lowest BCUT2D eigenvalue weighted by Gasteiger charge is -2.26. The van der Waals surface area contributed by atoms with Crippen molar-refractivity contribution in [3.63, 3.8) is 0 Å². The van der Waals surface area contributed by atoms with Crippen LogP contribution < -0.4 is 0 Å². The third-order valence-corrected chi connectivity index (χ3v) is 5.02. The van der Waals surface area contributed by atoms with Gasteiger partial charge >= 0.3 is 0 Å². The van der Waals surface area contributed by atoms with Crippen molar-refractivity contribution in [2.24, 2.45) is 0 Å². The van der Waals surface area contributed by atoms with Crippen LogP contribution in [0.4, 0.5) is 4.39 Å². The van der Waals surface area contributed by atoms with Gasteiger partial charge in [0, 0.05) is 18.7 Å². The summed E-state index contributed by atoms with van der Waals surface area (Å²) in [5.74, 6) is -1.87. The maximum absolute atomic E-state index is 13.2. The van der Waals surface area contributed by atoms with Gasteiger partial charge in [-0.1, -0.05) is 13.8 Å². The largest absolute Gasteiger partial charge is 0.507 e. The van der Waals surface area contributed by atoms with E-state index < -0.39 is 23.5 Å². The number of hydrogen-bond acceptors (Lipinski definition) is 5. The predicted molar refractivity (Wildman–Crippen MR) is 102 cm³/mol. The number of aliphatic hydroxyl groups is 1. The number of carbonyl (C=O) groups is 2. The number of aliphatic hydroxyl groups excluding tert-OH is 1. The molecule has 1 fully saturated rings. The minimum Gasteiger partial charge on any atom is -0.507 e. The fourth-order valence-corrected chi connectivity index (χ4v) is 3.41. The highest BCUT2D eigenvalue weighted by Gasteiger charge is 2.47. The Morgan fingerprint density at radius 3 is 2.43 bits per heavy atom. The molecule has 0 unspecified atom stereocenters. The molecule has 28 heavy (non-hydrogen) atoms. The molecule has 1 atom stereocenters. The number of amides is 1. The van der Waals surface area contributed by atoms with E-state index in [-0.39, 0.29) is 16.9 Å². The first kappa shape index (κ1) is 19.8. The number of hydrogen-bond donors (Lipinski definition) is 1. The van der Waals surface area contributed by atoms with Crippen LogP contribution in [0.2, 0.25) is 0 Å². The Kier molecular flexibility index (Phi) is 5.94. The van der Waals surface area contributed by atoms with Crippen molar-refractivity contribution in [3.05, 3.63) is 65.4 Å². The van der Waals surface area contributed by atoms with Gasteiger partial charge in [0.1, 0.15) is 23.4 Å². The van der Waals surface area contributed by atoms with Crippen LogP contribution in [0.1, 0.15) is 31.2 Å². The fourth-order valence-electron chi connectivity index (χ4n) is 3.41. The number of rotatable bonds is 7. The Morgan fingerprint density at radius 1 is 1.18 bits per heavy atom. The molecule has 0 saturated carbocycles. The normalized spacial score (nSPS) is 19.0. The van der Waals surface area contributed by atoms with Crippen molar-refractivity contribution < 1.29 is 23.5 Å². The molecule has 1 aliphatic heterocycles. The third-order valence-electron chi connectivity index (χ3n) is 5.02. The topological polar surface area (TPSA) is 74.0 Å². The van der Waals surface area contributed by atoms with Crippen LogP contribution in [0.25, 0.3) is 5.76 Å². The van der Waals surface area contributed by atoms with Gasteiger partial charge < -0.3 is 19.3 Å². The Hall–Kier alpha value is -2.93. The van der Waals surface area contributed by atoms with Gasteiger partial charge in [-0.25, -0.2) is 4.39 Å². The van der Waals surface area contributed by atoms with Crippen molar-refractivity contribution in [2.75, 3.05) is 26.2 Å². The number of ketones is 1. The summed E-state index contributed by atoms with van der Waals surface area (Å²) in [6.45, 7) is 6.60. The average molecular weight is 386 g/mol. The van der Waals surface area contributed by atoms with Crippen LogP contribution in [0, 0.1) is 5.82 Å². The maximum Gasteiger partial charge on any atom is 0.295 e. The molecule has 148 valence electrons. The van der Waals surface area contributed by atoms with Crippen molar-refractivity contribution in [2.45, 2.75) is 19.9 Å². The molecule has 2 heterocycles. The molecule has 2 aromatic rings. The molecule has 0 bridgehead atoms. The Balaban J connectivity index is 2.03. The highest BCUT2D eigenvalue weighted by Crippen LogP contribution is 2.39. The number of nitrogens with zero attached hydrogens (tertiary/aromatic N) is 2. The quantitative estimate of drug-likeness (QED) is 0.449. The second-order valence-electron chi connectivity index (χ2n) is 6.54. The Labute approximate surface area is 162 Å². The van der Waals surface area contributed by atoms with Crippen LogP contribution in [-0.2, 0) is 9.59 Å². The SMILES string of the molecule is CCN(CC)CCN1C(=O)C(=O)C(=C(O)c2ccc(F)cc2)[C@@H]1c1ccco1. The van der Waals surface area contributed by atoms with Crippen LogP contribution in [0.5, 0.6) is 0 Å². The van der Waals surface area contributed by atoms with E-state index in [2.05, 4.69) is 4.90 Å². The Bertz CT molecular complexity index is 870. The minimum atomic E-state index is -0.824. The number of likely N-dealkylation sites (tertiary alicyclic amines) is 1. The summed E-state index contributed by atoms with van der Waals surface area (Å²) in [4.78, 5) is 29.0. The third kappa shape index (κ3) is 3.71. The molecule has 7 heteroatoms. The molecule has 1 aromatic carbocycles. The van der Waals surface area contributed by atoms with Gasteiger partial charge in [-0.15, -0.1) is 0 Å². The van der Waals surface area contributed by atoms with E-state index in [9.17, 15) is 19.1 Å². The monoisotopic (exact) mass is 386 g/mol. The molecule has 3 rings (SSSR count). The van der Waals surface area contributed by atoms with Crippen LogP contribution in [0.15, 0.2) is 52.7 Å². The van der Waals surface area contributed by atoms with Gasteiger partial charge in [-0.2, -0.15) is 0 Å². The fraction of sp³-hybridized carbons (Fsp3) is 0.333. The number of benzene rings is 1. The van der Waals surface area contributed by atoms with Gasteiger partial charge in [0.15, 0.2) is 0 Å². The van der Waals surface area contributed by atoms with Crippen molar-refractivity contribution in [1.82, 2.24) is 9.80 Å². The van der Waals surface area contributed by atoms with Gasteiger partial charge in [-0.3, -0.25) is 9.59 Å². The summed E-state index contributed by atoms with van der Waals surface area (Å²) < 4.78 is 18.7. The first-order valence-corrected chi connectivity index (χ1v) is 9.28. The van der Waals surface area contributed by atoms with E-state index in [1.165, 1.54) is 35.4 Å². The lowest BCUT2D eigenvalue weighted by Crippen LogP contribution is -2.37. The van der Waals surface area contributed by atoms with Gasteiger partial charge in [0.2, 0.25) is 0 Å². The molecule has 1 N–H and O–H groups in total. The van der Waals surface area contributed by atoms with E-state index in [0.29, 0.717) is 18.8 Å². The molecule has 6 nitrogen and oxygen atoms in total. The number of carbonyl (C=O) groups excluding carboxylic acids is 2. The molecule has 1 amide bonds. The minimum absolute atomic E-state index is 0.0499. The number of furan rings is 1. The molecule has 0 spiro atoms. The van der Waals surface area contributed by atoms with Crippen molar-refractivity contribution in [1.29, 1.82) is 0 Å². The van der Waals surface area contributed by atoms with Gasteiger partial charge in [-0.05, 0) is 49.5 Å². The van der Waals surface area contributed by atoms with E-state index in [0.717, 1.165) is 13.1 Å². The molecule has 0 radical (unpaired) electrons. The second-order valence-corrected chi connectivity index (χ2v) is 6.54. The molecule has 1 saturated heterocycles. The summed E-state index contributed by atoms with van der Waals surface area (Å²) in [5, 5.41) is 10.8. The average Bonchev–Trinajstić information content (AvgIpc) is 3.31. The summed E-state index contributed by atoms with van der Waals surface area (Å²) in [6, 6.07) is 7.62. The number of likely N-dealkylation sites (N-methyl/N-ethyl adjacent to an activating group) is 1. The second kappa shape index (κ2) is 8.39. The lowest BCUT2D eigenvalue weighted by atomic mass is 9.99. The predicted octanol–water partition coefficient (Wildman–Crippen LogP) is 3.18. The zero-order valence-corrected chi connectivity index (χ0v) is 15.9. The van der Waals surface area contributed by atoms with Crippen LogP contribution >= 0.6 is 0 Å². The molecule has 1 aliphatic rings. The summed E-state index contributed by atoms with van der Waals surface area (Å²) >= 11 is 0. The summed E-state index contributed by atoms with van der Waals surface area (Å²) in [6.07, 6.45) is 1.46. The van der Waals surface area contributed by atoms with Crippen LogP contribution in [0.3, 0.4) is 0 Å².